The molecule has 0 saturated carbocycles. The molecule has 0 fully saturated rings. The molecule has 0 aliphatic carbocycles. The van der Waals surface area contributed by atoms with Crippen molar-refractivity contribution in [3.05, 3.63) is 63.2 Å². The molecule has 183 valence electrons. The van der Waals surface area contributed by atoms with Crippen LogP contribution < -0.4 is 16.9 Å². The first-order valence-electron chi connectivity index (χ1n) is 9.04. The molecule has 0 spiro atoms. The smallest absolute Gasteiger partial charge is 0.316 e. The maximum Gasteiger partial charge on any atom is 0.321 e. The monoisotopic (exact) mass is 542 g/mol. The quantitative estimate of drug-likeness (QED) is 0.204. The van der Waals surface area contributed by atoms with Crippen LogP contribution in [-0.4, -0.2) is 48.5 Å². The summed E-state index contributed by atoms with van der Waals surface area (Å²) < 4.78 is 101. The van der Waals surface area contributed by atoms with Crippen molar-refractivity contribution in [1.82, 2.24) is 15.3 Å². The van der Waals surface area contributed by atoms with E-state index in [0.29, 0.717) is 22.8 Å². The summed E-state index contributed by atoms with van der Waals surface area (Å²) >= 11 is 0. The van der Waals surface area contributed by atoms with E-state index < -0.39 is 72.6 Å². The Morgan fingerprint density at radius 3 is 1.89 bits per heavy atom. The average molecular weight is 543 g/mol. The molecule has 0 unspecified atom stereocenters. The SMILES string of the molecule is [NH]c1ccc2[nH]c(=O)c(=O)n(-c3cc(S(=O)(=O)O)c4cc(S(=O)(=O)O)cc(S(=O)(=O)O)c4c3)c2c1. The summed E-state index contributed by atoms with van der Waals surface area (Å²) in [4.78, 5) is 23.8. The fourth-order valence-electron chi connectivity index (χ4n) is 3.53. The van der Waals surface area contributed by atoms with Crippen LogP contribution in [-0.2, 0) is 30.4 Å². The van der Waals surface area contributed by atoms with Gasteiger partial charge in [-0.25, -0.2) is 0 Å². The molecule has 0 amide bonds. The highest BCUT2D eigenvalue weighted by Crippen LogP contribution is 2.34. The summed E-state index contributed by atoms with van der Waals surface area (Å²) in [5.41, 5.74) is 4.68. The third kappa shape index (κ3) is 4.31. The minimum atomic E-state index is -5.28. The van der Waals surface area contributed by atoms with Gasteiger partial charge in [0, 0.05) is 10.8 Å². The zero-order valence-corrected chi connectivity index (χ0v) is 19.3. The van der Waals surface area contributed by atoms with Gasteiger partial charge >= 0.3 is 11.1 Å². The third-order valence-corrected chi connectivity index (χ3v) is 7.57. The highest BCUT2D eigenvalue weighted by atomic mass is 32.2. The van der Waals surface area contributed by atoms with Gasteiger partial charge in [0.05, 0.1) is 27.3 Å². The van der Waals surface area contributed by atoms with Crippen molar-refractivity contribution in [3.63, 3.8) is 0 Å². The zero-order valence-electron chi connectivity index (χ0n) is 16.8. The number of nitrogens with zero attached hydrogens (tertiary/aromatic N) is 1. The Hall–Kier alpha value is -3.61. The van der Waals surface area contributed by atoms with Gasteiger partial charge in [0.2, 0.25) is 0 Å². The third-order valence-electron chi connectivity index (χ3n) is 4.95. The number of H-pyrrole nitrogens is 1. The number of nitrogens with one attached hydrogen (secondary N) is 2. The second kappa shape index (κ2) is 7.70. The molecule has 1 radical (unpaired) electrons. The number of hydrogen-bond donors (Lipinski definition) is 4. The summed E-state index contributed by atoms with van der Waals surface area (Å²) in [7, 11) is -15.7. The number of benzene rings is 3. The Morgan fingerprint density at radius 1 is 0.743 bits per heavy atom. The lowest BCUT2D eigenvalue weighted by atomic mass is 10.1. The lowest BCUT2D eigenvalue weighted by Crippen LogP contribution is -2.35. The van der Waals surface area contributed by atoms with E-state index in [4.69, 9.17) is 5.73 Å². The van der Waals surface area contributed by atoms with Crippen molar-refractivity contribution in [2.75, 3.05) is 0 Å². The topological polar surface area (TPSA) is 242 Å². The van der Waals surface area contributed by atoms with Crippen LogP contribution in [0.15, 0.2) is 66.7 Å². The van der Waals surface area contributed by atoms with Crippen molar-refractivity contribution in [1.29, 1.82) is 0 Å². The highest BCUT2D eigenvalue weighted by Gasteiger charge is 2.26. The van der Waals surface area contributed by atoms with Gasteiger partial charge < -0.3 is 10.7 Å². The van der Waals surface area contributed by atoms with Crippen LogP contribution in [0.2, 0.25) is 0 Å². The summed E-state index contributed by atoms with van der Waals surface area (Å²) in [6.07, 6.45) is 0. The standard InChI is InChI=1S/C18H12N3O11S3/c19-8-1-2-13-14(3-8)21(18(23)17(22)20-13)9-4-11-12(15(5-9)34(27,28)29)6-10(33(24,25)26)7-16(11)35(30,31)32/h1-7,19H,(H,20,22)(H,24,25,26)(H,27,28,29)(H,30,31,32). The Morgan fingerprint density at radius 2 is 1.31 bits per heavy atom. The minimum absolute atomic E-state index is 0.0378. The van der Waals surface area contributed by atoms with Crippen LogP contribution in [0.4, 0.5) is 5.69 Å². The molecule has 0 atom stereocenters. The largest absolute Gasteiger partial charge is 0.321 e. The number of rotatable bonds is 4. The van der Waals surface area contributed by atoms with Gasteiger partial charge in [-0.05, 0) is 42.5 Å². The van der Waals surface area contributed by atoms with E-state index in [2.05, 4.69) is 4.98 Å². The molecule has 1 aromatic heterocycles. The summed E-state index contributed by atoms with van der Waals surface area (Å²) in [6, 6.07) is 6.06. The van der Waals surface area contributed by atoms with E-state index in [1.807, 2.05) is 0 Å². The van der Waals surface area contributed by atoms with Crippen molar-refractivity contribution in [2.24, 2.45) is 0 Å². The zero-order chi connectivity index (χ0) is 26.1. The number of aromatic amines is 1. The van der Waals surface area contributed by atoms with Crippen LogP contribution in [0.3, 0.4) is 0 Å². The second-order valence-corrected chi connectivity index (χ2v) is 11.4. The van der Waals surface area contributed by atoms with Gasteiger partial charge in [0.1, 0.15) is 9.79 Å². The molecule has 5 N–H and O–H groups in total. The molecular formula is C18H12N3O11S3. The summed E-state index contributed by atoms with van der Waals surface area (Å²) in [5.74, 6) is 0. The van der Waals surface area contributed by atoms with Crippen LogP contribution in [0, 0.1) is 0 Å². The lowest BCUT2D eigenvalue weighted by molar-refractivity contribution is 0.478. The van der Waals surface area contributed by atoms with Gasteiger partial charge in [-0.1, -0.05) is 0 Å². The van der Waals surface area contributed by atoms with Gasteiger partial charge in [-0.3, -0.25) is 27.8 Å². The van der Waals surface area contributed by atoms with Crippen LogP contribution in [0.5, 0.6) is 0 Å². The molecule has 17 heteroatoms. The normalized spacial score (nSPS) is 12.9. The molecular weight excluding hydrogens is 530 g/mol. The summed E-state index contributed by atoms with van der Waals surface area (Å²) in [5, 5.41) is -1.42. The van der Waals surface area contributed by atoms with Gasteiger partial charge in [0.15, 0.2) is 0 Å². The molecule has 0 bridgehead atoms. The fourth-order valence-corrected chi connectivity index (χ4v) is 5.57. The molecule has 3 aromatic carbocycles. The number of hydrogen-bond acceptors (Lipinski definition) is 8. The molecule has 14 nitrogen and oxygen atoms in total. The highest BCUT2D eigenvalue weighted by molar-refractivity contribution is 7.87. The number of aromatic nitrogens is 2. The summed E-state index contributed by atoms with van der Waals surface area (Å²) in [6.45, 7) is 0. The van der Waals surface area contributed by atoms with Crippen LogP contribution in [0.25, 0.3) is 27.5 Å². The van der Waals surface area contributed by atoms with Crippen molar-refractivity contribution >= 4 is 57.8 Å². The Balaban J connectivity index is 2.33. The Bertz CT molecular complexity index is 2030. The van der Waals surface area contributed by atoms with Gasteiger partial charge in [0.25, 0.3) is 30.4 Å². The van der Waals surface area contributed by atoms with Crippen molar-refractivity contribution in [3.8, 4) is 5.69 Å². The van der Waals surface area contributed by atoms with Gasteiger partial charge in [-0.15, -0.1) is 0 Å². The van der Waals surface area contributed by atoms with E-state index >= 15 is 0 Å². The predicted molar refractivity (Wildman–Crippen MR) is 120 cm³/mol. The molecule has 4 rings (SSSR count). The van der Waals surface area contributed by atoms with Crippen LogP contribution in [0.1, 0.15) is 0 Å². The first kappa shape index (κ1) is 24.5. The molecule has 0 saturated heterocycles. The van der Waals surface area contributed by atoms with Crippen LogP contribution >= 0.6 is 0 Å². The Kier molecular flexibility index (Phi) is 5.39. The predicted octanol–water partition coefficient (Wildman–Crippen LogP) is 0.487. The van der Waals surface area contributed by atoms with E-state index in [1.165, 1.54) is 12.1 Å². The molecule has 0 aliphatic heterocycles. The van der Waals surface area contributed by atoms with E-state index in [0.717, 1.165) is 12.1 Å². The first-order chi connectivity index (χ1) is 16.0. The second-order valence-electron chi connectivity index (χ2n) is 7.21. The van der Waals surface area contributed by atoms with E-state index in [1.54, 1.807) is 0 Å². The first-order valence-corrected chi connectivity index (χ1v) is 13.4. The Labute approximate surface area is 195 Å². The fraction of sp³-hybridized carbons (Fsp3) is 0. The molecule has 4 aromatic rings. The maximum absolute atomic E-state index is 12.7. The molecule has 0 aliphatic rings. The van der Waals surface area contributed by atoms with E-state index in [-0.39, 0.29) is 16.7 Å². The van der Waals surface area contributed by atoms with Crippen molar-refractivity contribution in [2.45, 2.75) is 14.7 Å². The van der Waals surface area contributed by atoms with Gasteiger partial charge in [-0.2, -0.15) is 25.3 Å². The molecule has 35 heavy (non-hydrogen) atoms. The number of fused-ring (bicyclic) bond motifs is 2. The minimum Gasteiger partial charge on any atom is -0.316 e. The van der Waals surface area contributed by atoms with Crippen molar-refractivity contribution < 1.29 is 38.9 Å². The van der Waals surface area contributed by atoms with E-state index in [9.17, 15) is 48.5 Å². The lowest BCUT2D eigenvalue weighted by Gasteiger charge is -2.15. The maximum atomic E-state index is 12.7. The molecule has 1 heterocycles. The average Bonchev–Trinajstić information content (AvgIpc) is 2.71.